The minimum atomic E-state index is 0.0659. The van der Waals surface area contributed by atoms with Crippen molar-refractivity contribution in [1.82, 2.24) is 9.88 Å². The zero-order valence-corrected chi connectivity index (χ0v) is 13.6. The van der Waals surface area contributed by atoms with Crippen LogP contribution in [0.2, 0.25) is 0 Å². The number of amides is 1. The average Bonchev–Trinajstić information content (AvgIpc) is 2.62. The monoisotopic (exact) mass is 323 g/mol. The molecule has 2 saturated heterocycles. The van der Waals surface area contributed by atoms with Crippen LogP contribution in [0, 0.1) is 0 Å². The van der Waals surface area contributed by atoms with E-state index in [0.717, 1.165) is 45.1 Å². The second-order valence-corrected chi connectivity index (χ2v) is 6.22. The van der Waals surface area contributed by atoms with Crippen molar-refractivity contribution in [2.75, 3.05) is 37.7 Å². The summed E-state index contributed by atoms with van der Waals surface area (Å²) < 4.78 is 5.36. The lowest BCUT2D eigenvalue weighted by molar-refractivity contribution is 0.0460. The molecule has 124 valence electrons. The number of pyridine rings is 1. The molecule has 24 heavy (non-hydrogen) atoms. The highest BCUT2D eigenvalue weighted by molar-refractivity contribution is 5.95. The summed E-state index contributed by atoms with van der Waals surface area (Å²) in [4.78, 5) is 21.4. The van der Waals surface area contributed by atoms with Gasteiger partial charge in [-0.3, -0.25) is 4.79 Å². The Hall–Kier alpha value is -2.40. The third kappa shape index (κ3) is 2.87. The van der Waals surface area contributed by atoms with Crippen LogP contribution in [0.5, 0.6) is 0 Å². The third-order valence-electron chi connectivity index (χ3n) is 4.79. The van der Waals surface area contributed by atoms with Gasteiger partial charge in [0, 0.05) is 25.8 Å². The van der Waals surface area contributed by atoms with E-state index in [2.05, 4.69) is 22.0 Å². The van der Waals surface area contributed by atoms with Gasteiger partial charge in [0.2, 0.25) is 0 Å². The summed E-state index contributed by atoms with van der Waals surface area (Å²) in [6.45, 7) is 3.97. The second kappa shape index (κ2) is 6.61. The van der Waals surface area contributed by atoms with Crippen LogP contribution in [-0.4, -0.2) is 48.6 Å². The van der Waals surface area contributed by atoms with E-state index in [4.69, 9.17) is 4.74 Å². The number of ether oxygens (including phenoxy) is 1. The lowest BCUT2D eigenvalue weighted by Gasteiger charge is -2.41. The summed E-state index contributed by atoms with van der Waals surface area (Å²) >= 11 is 0. The standard InChI is InChI=1S/C19H21N3O2/c23-19(22-9-8-17(22)15-4-2-1-3-5-15)16-6-7-18(20-14-16)21-10-12-24-13-11-21/h1-7,14,17H,8-13H2/t17-/m0/s1. The van der Waals surface area contributed by atoms with E-state index < -0.39 is 0 Å². The lowest BCUT2D eigenvalue weighted by atomic mass is 9.94. The number of likely N-dealkylation sites (tertiary alicyclic amines) is 1. The van der Waals surface area contributed by atoms with Gasteiger partial charge in [-0.15, -0.1) is 0 Å². The molecule has 0 radical (unpaired) electrons. The highest BCUT2D eigenvalue weighted by Gasteiger charge is 2.33. The topological polar surface area (TPSA) is 45.7 Å². The van der Waals surface area contributed by atoms with Gasteiger partial charge in [-0.2, -0.15) is 0 Å². The molecule has 2 aliphatic rings. The van der Waals surface area contributed by atoms with Gasteiger partial charge in [-0.1, -0.05) is 30.3 Å². The highest BCUT2D eigenvalue weighted by atomic mass is 16.5. The van der Waals surface area contributed by atoms with E-state index in [0.29, 0.717) is 5.56 Å². The Morgan fingerprint density at radius 1 is 1.04 bits per heavy atom. The van der Waals surface area contributed by atoms with Gasteiger partial charge in [-0.05, 0) is 24.1 Å². The Labute approximate surface area is 141 Å². The number of morpholine rings is 1. The van der Waals surface area contributed by atoms with Crippen molar-refractivity contribution in [3.8, 4) is 0 Å². The predicted octanol–water partition coefficient (Wildman–Crippen LogP) is 2.51. The molecule has 1 aromatic heterocycles. The minimum absolute atomic E-state index is 0.0659. The van der Waals surface area contributed by atoms with Crippen LogP contribution >= 0.6 is 0 Å². The number of aromatic nitrogens is 1. The molecule has 0 spiro atoms. The van der Waals surface area contributed by atoms with Crippen LogP contribution in [0.3, 0.4) is 0 Å². The average molecular weight is 323 g/mol. The molecule has 2 fully saturated rings. The molecule has 4 rings (SSSR count). The molecule has 2 aliphatic heterocycles. The maximum absolute atomic E-state index is 12.8. The van der Waals surface area contributed by atoms with Crippen molar-refractivity contribution < 1.29 is 9.53 Å². The summed E-state index contributed by atoms with van der Waals surface area (Å²) in [5.74, 6) is 0.981. The van der Waals surface area contributed by atoms with Gasteiger partial charge >= 0.3 is 0 Å². The zero-order chi connectivity index (χ0) is 16.4. The van der Waals surface area contributed by atoms with E-state index >= 15 is 0 Å². The Bertz CT molecular complexity index is 696. The summed E-state index contributed by atoms with van der Waals surface area (Å²) in [6.07, 6.45) is 2.72. The number of carbonyl (C=O) groups excluding carboxylic acids is 1. The normalized spacial score (nSPS) is 20.6. The first-order valence-electron chi connectivity index (χ1n) is 8.47. The van der Waals surface area contributed by atoms with Crippen molar-refractivity contribution in [1.29, 1.82) is 0 Å². The van der Waals surface area contributed by atoms with Crippen molar-refractivity contribution in [2.24, 2.45) is 0 Å². The fourth-order valence-corrected chi connectivity index (χ4v) is 3.31. The van der Waals surface area contributed by atoms with Gasteiger partial charge in [0.15, 0.2) is 0 Å². The van der Waals surface area contributed by atoms with Crippen LogP contribution in [0.1, 0.15) is 28.4 Å². The van der Waals surface area contributed by atoms with E-state index in [1.54, 1.807) is 6.20 Å². The number of anilines is 1. The highest BCUT2D eigenvalue weighted by Crippen LogP contribution is 2.34. The molecule has 0 N–H and O–H groups in total. The van der Waals surface area contributed by atoms with Crippen LogP contribution in [0.4, 0.5) is 5.82 Å². The fraction of sp³-hybridized carbons (Fsp3) is 0.368. The second-order valence-electron chi connectivity index (χ2n) is 6.22. The molecule has 2 aromatic rings. The first-order valence-corrected chi connectivity index (χ1v) is 8.47. The molecule has 1 aromatic carbocycles. The van der Waals surface area contributed by atoms with Gasteiger partial charge in [0.1, 0.15) is 5.82 Å². The minimum Gasteiger partial charge on any atom is -0.378 e. The maximum atomic E-state index is 12.8. The van der Waals surface area contributed by atoms with E-state index in [1.807, 2.05) is 35.2 Å². The number of benzene rings is 1. The van der Waals surface area contributed by atoms with Crippen molar-refractivity contribution >= 4 is 11.7 Å². The number of hydrogen-bond donors (Lipinski definition) is 0. The third-order valence-corrected chi connectivity index (χ3v) is 4.79. The van der Waals surface area contributed by atoms with Crippen molar-refractivity contribution in [3.63, 3.8) is 0 Å². The van der Waals surface area contributed by atoms with Crippen LogP contribution in [-0.2, 0) is 4.74 Å². The Balaban J connectivity index is 1.46. The molecule has 0 saturated carbocycles. The van der Waals surface area contributed by atoms with E-state index in [9.17, 15) is 4.79 Å². The van der Waals surface area contributed by atoms with Crippen LogP contribution in [0.25, 0.3) is 0 Å². The van der Waals surface area contributed by atoms with Crippen LogP contribution in [0.15, 0.2) is 48.7 Å². The zero-order valence-electron chi connectivity index (χ0n) is 13.6. The molecule has 0 unspecified atom stereocenters. The quantitative estimate of drug-likeness (QED) is 0.871. The largest absolute Gasteiger partial charge is 0.378 e. The number of rotatable bonds is 3. The molecular formula is C19H21N3O2. The summed E-state index contributed by atoms with van der Waals surface area (Å²) in [5, 5.41) is 0. The number of nitrogens with zero attached hydrogens (tertiary/aromatic N) is 3. The van der Waals surface area contributed by atoms with Crippen LogP contribution < -0.4 is 4.90 Å². The maximum Gasteiger partial charge on any atom is 0.255 e. The number of hydrogen-bond acceptors (Lipinski definition) is 4. The molecule has 1 atom stereocenters. The molecule has 5 heteroatoms. The Kier molecular flexibility index (Phi) is 4.17. The number of carbonyl (C=O) groups is 1. The SMILES string of the molecule is O=C(c1ccc(N2CCOCC2)nc1)N1CC[C@H]1c1ccccc1. The van der Waals surface area contributed by atoms with Gasteiger partial charge in [0.25, 0.3) is 5.91 Å². The van der Waals surface area contributed by atoms with E-state index in [-0.39, 0.29) is 11.9 Å². The Morgan fingerprint density at radius 2 is 1.83 bits per heavy atom. The van der Waals surface area contributed by atoms with Gasteiger partial charge in [-0.25, -0.2) is 4.98 Å². The summed E-state index contributed by atoms with van der Waals surface area (Å²) in [6, 6.07) is 14.2. The predicted molar refractivity (Wildman–Crippen MR) is 92.1 cm³/mol. The molecule has 3 heterocycles. The van der Waals surface area contributed by atoms with E-state index in [1.165, 1.54) is 5.56 Å². The molecule has 0 aliphatic carbocycles. The van der Waals surface area contributed by atoms with Crippen molar-refractivity contribution in [3.05, 3.63) is 59.8 Å². The molecule has 0 bridgehead atoms. The Morgan fingerprint density at radius 3 is 2.46 bits per heavy atom. The van der Waals surface area contributed by atoms with Gasteiger partial charge in [0.05, 0.1) is 24.8 Å². The molecule has 5 nitrogen and oxygen atoms in total. The molecule has 1 amide bonds. The summed E-state index contributed by atoms with van der Waals surface area (Å²) in [5.41, 5.74) is 1.86. The molecular weight excluding hydrogens is 302 g/mol. The lowest BCUT2D eigenvalue weighted by Crippen LogP contribution is -2.45. The smallest absolute Gasteiger partial charge is 0.255 e. The fourth-order valence-electron chi connectivity index (χ4n) is 3.31. The first kappa shape index (κ1) is 15.1. The van der Waals surface area contributed by atoms with Crippen molar-refractivity contribution in [2.45, 2.75) is 12.5 Å². The summed E-state index contributed by atoms with van der Waals surface area (Å²) in [7, 11) is 0. The van der Waals surface area contributed by atoms with Gasteiger partial charge < -0.3 is 14.5 Å². The first-order chi connectivity index (χ1) is 11.8.